The molecule has 0 unspecified atom stereocenters. The maximum absolute atomic E-state index is 10.3. The number of carbonyl (C=O) groups excluding carboxylic acids is 1. The Labute approximate surface area is 392 Å². The van der Waals surface area contributed by atoms with Gasteiger partial charge in [-0.25, -0.2) is 0 Å². The summed E-state index contributed by atoms with van der Waals surface area (Å²) in [5, 5.41) is 13.1. The minimum atomic E-state index is 0.444. The second-order valence-electron chi connectivity index (χ2n) is 14.7. The molecule has 362 valence electrons. The zero-order chi connectivity index (χ0) is 47.6. The van der Waals surface area contributed by atoms with E-state index in [4.69, 9.17) is 29.4 Å². The zero-order valence-electron chi connectivity index (χ0n) is 40.9. The molecule has 0 aliphatic carbocycles. The van der Waals surface area contributed by atoms with E-state index in [-0.39, 0.29) is 0 Å². The van der Waals surface area contributed by atoms with Crippen molar-refractivity contribution in [1.82, 2.24) is 14.8 Å². The summed E-state index contributed by atoms with van der Waals surface area (Å²) in [6.07, 6.45) is 17.7. The number of methoxy groups -OCH3 is 1. The van der Waals surface area contributed by atoms with Crippen molar-refractivity contribution < 1.29 is 33.2 Å². The number of nitriles is 1. The summed E-state index contributed by atoms with van der Waals surface area (Å²) in [7, 11) is 3.25. The Kier molecular flexibility index (Phi) is 36.4. The number of rotatable bonds is 30. The first-order chi connectivity index (χ1) is 32.0. The van der Waals surface area contributed by atoms with Crippen molar-refractivity contribution in [2.45, 2.75) is 92.4 Å². The third kappa shape index (κ3) is 28.7. The number of aldehydes is 1. The summed E-state index contributed by atoms with van der Waals surface area (Å²) in [5.41, 5.74) is 9.11. The second-order valence-corrected chi connectivity index (χ2v) is 14.7. The van der Waals surface area contributed by atoms with Crippen molar-refractivity contribution >= 4 is 29.4 Å². The van der Waals surface area contributed by atoms with Crippen LogP contribution >= 0.6 is 0 Å². The fraction of sp³-hybridized carbons (Fsp3) is 0.558. The van der Waals surface area contributed by atoms with E-state index >= 15 is 0 Å². The van der Waals surface area contributed by atoms with Crippen molar-refractivity contribution in [3.8, 4) is 17.6 Å². The second kappa shape index (κ2) is 40.7. The molecule has 1 aromatic heterocycles. The number of nitrogens with zero attached hydrogens (tertiary/aromatic N) is 4. The molecule has 65 heavy (non-hydrogen) atoms. The van der Waals surface area contributed by atoms with E-state index in [0.717, 1.165) is 102 Å². The average Bonchev–Trinajstić information content (AvgIpc) is 3.33. The maximum Gasteiger partial charge on any atom is 0.129 e. The van der Waals surface area contributed by atoms with Gasteiger partial charge in [-0.3, -0.25) is 4.98 Å². The predicted octanol–water partition coefficient (Wildman–Crippen LogP) is 10.7. The molecule has 13 nitrogen and oxygen atoms in total. The monoisotopic (exact) mass is 903 g/mol. The number of unbranched alkanes of at least 4 members (excludes halogenated alkanes) is 6. The van der Waals surface area contributed by atoms with E-state index in [1.54, 1.807) is 26.5 Å². The lowest BCUT2D eigenvalue weighted by atomic mass is 10.2. The van der Waals surface area contributed by atoms with E-state index in [1.165, 1.54) is 19.3 Å². The molecule has 0 spiro atoms. The van der Waals surface area contributed by atoms with Crippen molar-refractivity contribution in [2.24, 2.45) is 0 Å². The van der Waals surface area contributed by atoms with Crippen LogP contribution in [0.4, 0.5) is 17.1 Å². The number of aromatic nitrogens is 1. The van der Waals surface area contributed by atoms with Gasteiger partial charge in [0.05, 0.1) is 50.0 Å². The molecule has 0 bridgehead atoms. The first-order valence-electron chi connectivity index (χ1n) is 23.8. The molecule has 3 N–H and O–H groups in total. The Balaban J connectivity index is 0.00000285. The van der Waals surface area contributed by atoms with Crippen LogP contribution in [0, 0.1) is 11.3 Å². The standard InChI is InChI=1S/C46H64N6O6.C2H6O.2C2H6/c1-2-13-44(35-42-36-46(39(37-47)38-49-42)50-41-16-18-43(19-17-41)58-45-15-11-14-40(48)34-45)57-29-12-21-52-24-22-51(23-25-52)20-7-3-5-9-27-54-30-32-56-33-31-55-28-10-6-4-8-26-53;1-3-2;2*1-2/h2,11,13-19,26,34-36,38H,3-10,12,20-25,27-33,48H2,1H3,(H,49,50);1-2H3;2*1-2H3/b13-2-,44-35+;;;. The van der Waals surface area contributed by atoms with E-state index in [9.17, 15) is 10.1 Å². The molecule has 2 aromatic carbocycles. The highest BCUT2D eigenvalue weighted by Gasteiger charge is 2.16. The Bertz CT molecular complexity index is 1710. The lowest BCUT2D eigenvalue weighted by molar-refractivity contribution is -0.107. The fourth-order valence-corrected chi connectivity index (χ4v) is 6.43. The molecule has 0 saturated carbocycles. The van der Waals surface area contributed by atoms with Crippen LogP contribution in [-0.2, 0) is 28.5 Å². The normalized spacial score (nSPS) is 12.7. The quantitative estimate of drug-likeness (QED) is 0.0215. The zero-order valence-corrected chi connectivity index (χ0v) is 40.9. The molecule has 0 atom stereocenters. The van der Waals surface area contributed by atoms with Gasteiger partial charge in [-0.05, 0) is 94.1 Å². The van der Waals surface area contributed by atoms with Crippen LogP contribution < -0.4 is 15.8 Å². The van der Waals surface area contributed by atoms with Crippen molar-refractivity contribution in [3.63, 3.8) is 0 Å². The van der Waals surface area contributed by atoms with Crippen LogP contribution in [0.2, 0.25) is 0 Å². The number of hydrogen-bond donors (Lipinski definition) is 2. The maximum atomic E-state index is 10.3. The molecule has 4 rings (SSSR count). The molecule has 3 aromatic rings. The van der Waals surface area contributed by atoms with Gasteiger partial charge in [0.1, 0.15) is 29.6 Å². The summed E-state index contributed by atoms with van der Waals surface area (Å²) in [4.78, 5) is 19.9. The first-order valence-corrected chi connectivity index (χ1v) is 23.8. The van der Waals surface area contributed by atoms with Crippen LogP contribution in [0.3, 0.4) is 0 Å². The summed E-state index contributed by atoms with van der Waals surface area (Å²) >= 11 is 0. The molecule has 2 heterocycles. The highest BCUT2D eigenvalue weighted by atomic mass is 16.5. The smallest absolute Gasteiger partial charge is 0.129 e. The molecule has 13 heteroatoms. The van der Waals surface area contributed by atoms with Gasteiger partial charge in [-0.1, -0.05) is 59.1 Å². The van der Waals surface area contributed by atoms with E-state index < -0.39 is 0 Å². The van der Waals surface area contributed by atoms with Crippen LogP contribution in [0.15, 0.2) is 78.7 Å². The Hall–Kier alpha value is -4.81. The molecular weight excluding hydrogens is 821 g/mol. The average molecular weight is 903 g/mol. The lowest BCUT2D eigenvalue weighted by Crippen LogP contribution is -2.46. The van der Waals surface area contributed by atoms with Gasteiger partial charge in [0, 0.05) is 96.3 Å². The van der Waals surface area contributed by atoms with Gasteiger partial charge in [0.25, 0.3) is 0 Å². The minimum Gasteiger partial charge on any atom is -0.493 e. The number of nitrogens with one attached hydrogen (secondary N) is 1. The number of piperazine rings is 1. The molecule has 1 aliphatic heterocycles. The van der Waals surface area contributed by atoms with E-state index in [0.29, 0.717) is 73.6 Å². The van der Waals surface area contributed by atoms with Crippen LogP contribution in [0.1, 0.15) is 104 Å². The van der Waals surface area contributed by atoms with Crippen LogP contribution in [0.5, 0.6) is 11.5 Å². The first kappa shape index (κ1) is 58.2. The Morgan fingerprint density at radius 1 is 0.754 bits per heavy atom. The molecule has 1 saturated heterocycles. The number of anilines is 3. The van der Waals surface area contributed by atoms with Gasteiger partial charge in [-0.15, -0.1) is 0 Å². The van der Waals surface area contributed by atoms with Crippen molar-refractivity contribution in [1.29, 1.82) is 5.26 Å². The summed E-state index contributed by atoms with van der Waals surface area (Å²) in [6.45, 7) is 21.1. The molecule has 0 amide bonds. The van der Waals surface area contributed by atoms with Gasteiger partial charge < -0.3 is 54.1 Å². The van der Waals surface area contributed by atoms with Crippen LogP contribution in [-0.4, -0.2) is 121 Å². The van der Waals surface area contributed by atoms with Gasteiger partial charge in [0.15, 0.2) is 0 Å². The van der Waals surface area contributed by atoms with E-state index in [2.05, 4.69) is 30.9 Å². The molecular formula is C52H82N6O7. The number of pyridine rings is 1. The number of carbonyl (C=O) groups is 1. The van der Waals surface area contributed by atoms with Gasteiger partial charge >= 0.3 is 0 Å². The number of nitrogens with two attached hydrogens (primary N) is 1. The number of allylic oxidation sites excluding steroid dienone is 2. The number of benzene rings is 2. The number of ether oxygens (including phenoxy) is 6. The summed E-state index contributed by atoms with van der Waals surface area (Å²) < 4.78 is 33.2. The predicted molar refractivity (Wildman–Crippen MR) is 267 cm³/mol. The summed E-state index contributed by atoms with van der Waals surface area (Å²) in [6, 6.07) is 18.9. The SMILES string of the molecule is C/C=C\C(=C/c1cc(Nc2ccc(Oc3cccc(N)c3)cc2)c(C#N)cn1)OCCCN1CCN(CCCCCCOCCOCCOCCCCCC=O)CC1.CC.CC.COC. The molecule has 1 fully saturated rings. The highest BCUT2D eigenvalue weighted by Crippen LogP contribution is 2.27. The van der Waals surface area contributed by atoms with Crippen molar-refractivity contribution in [3.05, 3.63) is 90.0 Å². The largest absolute Gasteiger partial charge is 0.493 e. The third-order valence-corrected chi connectivity index (χ3v) is 9.61. The lowest BCUT2D eigenvalue weighted by Gasteiger charge is -2.34. The van der Waals surface area contributed by atoms with Gasteiger partial charge in [0.2, 0.25) is 0 Å². The number of hydrogen-bond acceptors (Lipinski definition) is 13. The highest BCUT2D eigenvalue weighted by molar-refractivity contribution is 5.69. The number of nitrogen functional groups attached to an aromatic ring is 1. The third-order valence-electron chi connectivity index (χ3n) is 9.61. The fourth-order valence-electron chi connectivity index (χ4n) is 6.43. The molecule has 0 radical (unpaired) electrons. The molecule has 1 aliphatic rings. The van der Waals surface area contributed by atoms with Crippen molar-refractivity contribution in [2.75, 3.05) is 111 Å². The van der Waals surface area contributed by atoms with Crippen LogP contribution in [0.25, 0.3) is 6.08 Å². The topological polar surface area (TPSA) is 154 Å². The summed E-state index contributed by atoms with van der Waals surface area (Å²) in [5.74, 6) is 2.07. The Morgan fingerprint density at radius 3 is 1.92 bits per heavy atom. The Morgan fingerprint density at radius 2 is 1.34 bits per heavy atom. The van der Waals surface area contributed by atoms with E-state index in [1.807, 2.05) is 101 Å². The minimum absolute atomic E-state index is 0.444. The van der Waals surface area contributed by atoms with Gasteiger partial charge in [-0.2, -0.15) is 5.26 Å².